The average Bonchev–Trinajstić information content (AvgIpc) is 3.17. The Morgan fingerprint density at radius 2 is 1.91 bits per heavy atom. The minimum absolute atomic E-state index is 0.0234. The number of anilines is 1. The smallest absolute Gasteiger partial charge is 0.228 e. The van der Waals surface area contributed by atoms with Crippen LogP contribution < -0.4 is 5.32 Å². The molecule has 0 spiro atoms. The van der Waals surface area contributed by atoms with Crippen LogP contribution in [-0.2, 0) is 11.3 Å². The molecule has 0 radical (unpaired) electrons. The molecule has 2 heterocycles. The van der Waals surface area contributed by atoms with Crippen LogP contribution in [0.2, 0.25) is 0 Å². The van der Waals surface area contributed by atoms with E-state index < -0.39 is 0 Å². The van der Waals surface area contributed by atoms with Gasteiger partial charge in [-0.2, -0.15) is 0 Å². The molecule has 6 heteroatoms. The third kappa shape index (κ3) is 4.87. The molecule has 1 aliphatic rings. The van der Waals surface area contributed by atoms with Gasteiger partial charge < -0.3 is 5.32 Å². The SMILES string of the molecule is Cc1cccc(NC(=O)[C@H]2CCCN(Cc3nc4ccccc4n3-c3ccc(Br)cc3)C2)c1. The number of aryl methyl sites for hydroxylation is 1. The Morgan fingerprint density at radius 3 is 2.73 bits per heavy atom. The second-order valence-electron chi connectivity index (χ2n) is 8.76. The van der Waals surface area contributed by atoms with Gasteiger partial charge >= 0.3 is 0 Å². The fraction of sp³-hybridized carbons (Fsp3) is 0.259. The van der Waals surface area contributed by atoms with Gasteiger partial charge in [-0.1, -0.05) is 40.2 Å². The summed E-state index contributed by atoms with van der Waals surface area (Å²) >= 11 is 3.53. The van der Waals surface area contributed by atoms with Gasteiger partial charge in [-0.05, 0) is 80.4 Å². The second kappa shape index (κ2) is 9.49. The third-order valence-corrected chi connectivity index (χ3v) is 6.77. The molecule has 0 bridgehead atoms. The van der Waals surface area contributed by atoms with E-state index in [2.05, 4.69) is 73.2 Å². The molecule has 1 aliphatic heterocycles. The summed E-state index contributed by atoms with van der Waals surface area (Å²) in [6.07, 6.45) is 1.92. The summed E-state index contributed by atoms with van der Waals surface area (Å²) in [6.45, 7) is 4.45. The Bertz CT molecular complexity index is 1280. The highest BCUT2D eigenvalue weighted by Gasteiger charge is 2.27. The quantitative estimate of drug-likeness (QED) is 0.366. The molecule has 1 atom stereocenters. The molecule has 0 aliphatic carbocycles. The van der Waals surface area contributed by atoms with Crippen LogP contribution in [-0.4, -0.2) is 33.4 Å². The van der Waals surface area contributed by atoms with Crippen molar-refractivity contribution in [3.63, 3.8) is 0 Å². The molecule has 5 nitrogen and oxygen atoms in total. The van der Waals surface area contributed by atoms with Crippen molar-refractivity contribution in [3.05, 3.63) is 88.7 Å². The first kappa shape index (κ1) is 21.9. The predicted octanol–water partition coefficient (Wildman–Crippen LogP) is 5.95. The van der Waals surface area contributed by atoms with Crippen molar-refractivity contribution in [2.45, 2.75) is 26.3 Å². The summed E-state index contributed by atoms with van der Waals surface area (Å²) in [5.74, 6) is 1.08. The Kier molecular flexibility index (Phi) is 6.29. The zero-order chi connectivity index (χ0) is 22.8. The highest BCUT2D eigenvalue weighted by molar-refractivity contribution is 9.10. The van der Waals surface area contributed by atoms with E-state index in [-0.39, 0.29) is 11.8 Å². The number of hydrogen-bond acceptors (Lipinski definition) is 3. The third-order valence-electron chi connectivity index (χ3n) is 6.24. The molecule has 0 saturated carbocycles. The second-order valence-corrected chi connectivity index (χ2v) is 9.68. The number of rotatable bonds is 5. The van der Waals surface area contributed by atoms with E-state index in [4.69, 9.17) is 4.98 Å². The summed E-state index contributed by atoms with van der Waals surface area (Å²) in [7, 11) is 0. The first-order valence-electron chi connectivity index (χ1n) is 11.4. The number of carbonyl (C=O) groups is 1. The lowest BCUT2D eigenvalue weighted by Gasteiger charge is -2.31. The van der Waals surface area contributed by atoms with Gasteiger partial charge in [0.15, 0.2) is 0 Å². The van der Waals surface area contributed by atoms with Crippen LogP contribution in [0.25, 0.3) is 16.7 Å². The maximum atomic E-state index is 13.0. The van der Waals surface area contributed by atoms with Gasteiger partial charge in [-0.3, -0.25) is 14.3 Å². The highest BCUT2D eigenvalue weighted by atomic mass is 79.9. The fourth-order valence-electron chi connectivity index (χ4n) is 4.64. The Labute approximate surface area is 202 Å². The van der Waals surface area contributed by atoms with E-state index >= 15 is 0 Å². The topological polar surface area (TPSA) is 50.2 Å². The number of benzene rings is 3. The van der Waals surface area contributed by atoms with Crippen LogP contribution in [0.4, 0.5) is 5.69 Å². The maximum absolute atomic E-state index is 13.0. The van der Waals surface area contributed by atoms with Crippen LogP contribution in [0.5, 0.6) is 0 Å². The van der Waals surface area contributed by atoms with E-state index in [9.17, 15) is 4.79 Å². The molecule has 1 fully saturated rings. The fourth-order valence-corrected chi connectivity index (χ4v) is 4.90. The van der Waals surface area contributed by atoms with Crippen LogP contribution in [0.3, 0.4) is 0 Å². The van der Waals surface area contributed by atoms with Crippen molar-refractivity contribution in [1.29, 1.82) is 0 Å². The summed E-state index contributed by atoms with van der Waals surface area (Å²) in [4.78, 5) is 20.3. The van der Waals surface area contributed by atoms with Crippen molar-refractivity contribution < 1.29 is 4.79 Å². The number of likely N-dealkylation sites (tertiary alicyclic amines) is 1. The standard InChI is InChI=1S/C27H27BrN4O/c1-19-6-4-8-22(16-19)29-27(33)20-7-5-15-31(17-20)18-26-30-24-9-2-3-10-25(24)32(26)23-13-11-21(28)12-14-23/h2-4,6,8-14,16,20H,5,7,15,17-18H2,1H3,(H,29,33)/t20-/m0/s1. The van der Waals surface area contributed by atoms with E-state index in [0.717, 1.165) is 64.2 Å². The lowest BCUT2D eigenvalue weighted by molar-refractivity contribution is -0.121. The first-order valence-corrected chi connectivity index (χ1v) is 12.2. The zero-order valence-electron chi connectivity index (χ0n) is 18.7. The molecule has 5 rings (SSSR count). The molecule has 1 amide bonds. The molecular weight excluding hydrogens is 476 g/mol. The lowest BCUT2D eigenvalue weighted by atomic mass is 9.97. The summed E-state index contributed by atoms with van der Waals surface area (Å²) in [6, 6.07) is 24.6. The predicted molar refractivity (Wildman–Crippen MR) is 137 cm³/mol. The Balaban J connectivity index is 1.36. The van der Waals surface area contributed by atoms with Gasteiger partial charge in [0.2, 0.25) is 5.91 Å². The molecule has 0 unspecified atom stereocenters. The van der Waals surface area contributed by atoms with Gasteiger partial charge in [0.05, 0.1) is 23.5 Å². The summed E-state index contributed by atoms with van der Waals surface area (Å²) in [5, 5.41) is 3.11. The average molecular weight is 503 g/mol. The normalized spacial score (nSPS) is 16.7. The van der Waals surface area contributed by atoms with Crippen molar-refractivity contribution in [2.75, 3.05) is 18.4 Å². The molecule has 3 aromatic carbocycles. The number of halogens is 1. The monoisotopic (exact) mass is 502 g/mol. The van der Waals surface area contributed by atoms with Gasteiger partial charge in [-0.25, -0.2) is 4.98 Å². The number of imidazole rings is 1. The Hall–Kier alpha value is -2.96. The number of carbonyl (C=O) groups excluding carboxylic acids is 1. The van der Waals surface area contributed by atoms with Gasteiger partial charge in [0, 0.05) is 22.4 Å². The number of nitrogens with zero attached hydrogens (tertiary/aromatic N) is 3. The molecular formula is C27H27BrN4O. The summed E-state index contributed by atoms with van der Waals surface area (Å²) in [5.41, 5.74) is 5.19. The van der Waals surface area contributed by atoms with E-state index in [0.29, 0.717) is 6.54 Å². The van der Waals surface area contributed by atoms with Crippen molar-refractivity contribution in [3.8, 4) is 5.69 Å². The van der Waals surface area contributed by atoms with Gasteiger partial charge in [0.1, 0.15) is 5.82 Å². The highest BCUT2D eigenvalue weighted by Crippen LogP contribution is 2.26. The van der Waals surface area contributed by atoms with Crippen molar-refractivity contribution in [1.82, 2.24) is 14.5 Å². The van der Waals surface area contributed by atoms with E-state index in [1.165, 1.54) is 0 Å². The molecule has 1 aromatic heterocycles. The van der Waals surface area contributed by atoms with Crippen LogP contribution in [0, 0.1) is 12.8 Å². The van der Waals surface area contributed by atoms with Crippen LogP contribution in [0.1, 0.15) is 24.2 Å². The largest absolute Gasteiger partial charge is 0.326 e. The first-order chi connectivity index (χ1) is 16.1. The van der Waals surface area contributed by atoms with E-state index in [1.54, 1.807) is 0 Å². The number of aromatic nitrogens is 2. The lowest BCUT2D eigenvalue weighted by Crippen LogP contribution is -2.40. The molecule has 168 valence electrons. The number of piperidine rings is 1. The van der Waals surface area contributed by atoms with Crippen molar-refractivity contribution >= 4 is 38.6 Å². The minimum atomic E-state index is -0.0234. The Morgan fingerprint density at radius 1 is 1.09 bits per heavy atom. The number of para-hydroxylation sites is 2. The van der Waals surface area contributed by atoms with E-state index in [1.807, 2.05) is 37.3 Å². The molecule has 4 aromatic rings. The maximum Gasteiger partial charge on any atom is 0.228 e. The number of amides is 1. The van der Waals surface area contributed by atoms with Crippen LogP contribution >= 0.6 is 15.9 Å². The number of fused-ring (bicyclic) bond motifs is 1. The van der Waals surface area contributed by atoms with Gasteiger partial charge in [-0.15, -0.1) is 0 Å². The van der Waals surface area contributed by atoms with Crippen molar-refractivity contribution in [2.24, 2.45) is 5.92 Å². The molecule has 1 saturated heterocycles. The number of hydrogen-bond donors (Lipinski definition) is 1. The summed E-state index contributed by atoms with van der Waals surface area (Å²) < 4.78 is 3.29. The number of nitrogens with one attached hydrogen (secondary N) is 1. The zero-order valence-corrected chi connectivity index (χ0v) is 20.3. The molecule has 33 heavy (non-hydrogen) atoms. The van der Waals surface area contributed by atoms with Gasteiger partial charge in [0.25, 0.3) is 0 Å². The molecule has 1 N–H and O–H groups in total. The minimum Gasteiger partial charge on any atom is -0.326 e. The van der Waals surface area contributed by atoms with Crippen LogP contribution in [0.15, 0.2) is 77.3 Å².